The molecule has 0 aliphatic carbocycles. The van der Waals surface area contributed by atoms with Crippen LogP contribution in [0, 0.1) is 0 Å². The Hall–Kier alpha value is -1.71. The second-order valence-electron chi connectivity index (χ2n) is 3.69. The summed E-state index contributed by atoms with van der Waals surface area (Å²) in [6, 6.07) is 11.3. The molecule has 0 unspecified atom stereocenters. The van der Waals surface area contributed by atoms with Crippen molar-refractivity contribution < 1.29 is 14.3 Å². The van der Waals surface area contributed by atoms with Gasteiger partial charge in [0.05, 0.1) is 22.7 Å². The summed E-state index contributed by atoms with van der Waals surface area (Å²) < 4.78 is 10.2. The molecule has 2 rings (SSSR count). The summed E-state index contributed by atoms with van der Waals surface area (Å²) in [6.45, 7) is 0. The zero-order valence-corrected chi connectivity index (χ0v) is 11.5. The predicted octanol–water partition coefficient (Wildman–Crippen LogP) is 4.22. The molecule has 0 heterocycles. The molecule has 0 bridgehead atoms. The SMILES string of the molecule is COc1ccc(OC(=O)c2ccc(Cl)c(Cl)c2)cc1. The Kier molecular flexibility index (Phi) is 4.30. The number of carbonyl (C=O) groups excluding carboxylic acids is 1. The van der Waals surface area contributed by atoms with Crippen molar-refractivity contribution in [2.45, 2.75) is 0 Å². The van der Waals surface area contributed by atoms with Crippen LogP contribution in [0.15, 0.2) is 42.5 Å². The van der Waals surface area contributed by atoms with Crippen molar-refractivity contribution >= 4 is 29.2 Å². The van der Waals surface area contributed by atoms with Crippen molar-refractivity contribution in [2.24, 2.45) is 0 Å². The second kappa shape index (κ2) is 5.95. The summed E-state index contributed by atoms with van der Waals surface area (Å²) in [6.07, 6.45) is 0. The molecule has 0 spiro atoms. The monoisotopic (exact) mass is 296 g/mol. The van der Waals surface area contributed by atoms with Gasteiger partial charge in [0.2, 0.25) is 0 Å². The highest BCUT2D eigenvalue weighted by Gasteiger charge is 2.10. The van der Waals surface area contributed by atoms with E-state index in [9.17, 15) is 4.79 Å². The largest absolute Gasteiger partial charge is 0.497 e. The van der Waals surface area contributed by atoms with Gasteiger partial charge in [0, 0.05) is 0 Å². The second-order valence-corrected chi connectivity index (χ2v) is 4.51. The van der Waals surface area contributed by atoms with Crippen molar-refractivity contribution in [3.05, 3.63) is 58.1 Å². The van der Waals surface area contributed by atoms with Crippen LogP contribution in [0.1, 0.15) is 10.4 Å². The van der Waals surface area contributed by atoms with Gasteiger partial charge in [-0.15, -0.1) is 0 Å². The molecule has 0 aliphatic heterocycles. The van der Waals surface area contributed by atoms with Gasteiger partial charge >= 0.3 is 5.97 Å². The molecule has 0 aromatic heterocycles. The van der Waals surface area contributed by atoms with E-state index in [1.54, 1.807) is 43.5 Å². The van der Waals surface area contributed by atoms with Crippen molar-refractivity contribution in [1.82, 2.24) is 0 Å². The third kappa shape index (κ3) is 3.40. The quantitative estimate of drug-likeness (QED) is 0.628. The van der Waals surface area contributed by atoms with Crippen LogP contribution in [0.3, 0.4) is 0 Å². The Morgan fingerprint density at radius 3 is 2.16 bits per heavy atom. The number of ether oxygens (including phenoxy) is 2. The number of benzene rings is 2. The van der Waals surface area contributed by atoms with Gasteiger partial charge in [-0.3, -0.25) is 0 Å². The van der Waals surface area contributed by atoms with Crippen LogP contribution in [0.25, 0.3) is 0 Å². The zero-order valence-electron chi connectivity index (χ0n) is 10.0. The molecule has 0 saturated heterocycles. The summed E-state index contributed by atoms with van der Waals surface area (Å²) in [5, 5.41) is 0.702. The number of methoxy groups -OCH3 is 1. The lowest BCUT2D eigenvalue weighted by Gasteiger charge is -2.06. The molecular formula is C14H10Cl2O3. The summed E-state index contributed by atoms with van der Waals surface area (Å²) in [5.74, 6) is 0.620. The first-order valence-electron chi connectivity index (χ1n) is 5.41. The van der Waals surface area contributed by atoms with E-state index in [0.29, 0.717) is 27.1 Å². The fourth-order valence-corrected chi connectivity index (χ4v) is 1.73. The van der Waals surface area contributed by atoms with Crippen LogP contribution < -0.4 is 9.47 Å². The molecule has 0 radical (unpaired) electrons. The Balaban J connectivity index is 2.13. The van der Waals surface area contributed by atoms with Gasteiger partial charge in [0.1, 0.15) is 11.5 Å². The number of halogens is 2. The lowest BCUT2D eigenvalue weighted by atomic mass is 10.2. The van der Waals surface area contributed by atoms with Crippen molar-refractivity contribution in [3.63, 3.8) is 0 Å². The van der Waals surface area contributed by atoms with Gasteiger partial charge < -0.3 is 9.47 Å². The van der Waals surface area contributed by atoms with Crippen LogP contribution >= 0.6 is 23.2 Å². The maximum absolute atomic E-state index is 11.9. The summed E-state index contributed by atoms with van der Waals surface area (Å²) >= 11 is 11.6. The molecule has 3 nitrogen and oxygen atoms in total. The molecule has 0 N–H and O–H groups in total. The van der Waals surface area contributed by atoms with E-state index in [0.717, 1.165) is 0 Å². The number of carbonyl (C=O) groups is 1. The van der Waals surface area contributed by atoms with Gasteiger partial charge in [0.25, 0.3) is 0 Å². The topological polar surface area (TPSA) is 35.5 Å². The van der Waals surface area contributed by atoms with Crippen molar-refractivity contribution in [3.8, 4) is 11.5 Å². The van der Waals surface area contributed by atoms with Gasteiger partial charge in [-0.2, -0.15) is 0 Å². The predicted molar refractivity (Wildman–Crippen MR) is 74.4 cm³/mol. The minimum absolute atomic E-state index is 0.311. The first-order chi connectivity index (χ1) is 9.10. The van der Waals surface area contributed by atoms with Crippen LogP contribution in [-0.4, -0.2) is 13.1 Å². The van der Waals surface area contributed by atoms with Crippen molar-refractivity contribution in [1.29, 1.82) is 0 Å². The van der Waals surface area contributed by atoms with E-state index in [1.807, 2.05) is 0 Å². The Morgan fingerprint density at radius 1 is 0.947 bits per heavy atom. The molecular weight excluding hydrogens is 287 g/mol. The Morgan fingerprint density at radius 2 is 1.58 bits per heavy atom. The highest BCUT2D eigenvalue weighted by atomic mass is 35.5. The average molecular weight is 297 g/mol. The third-order valence-electron chi connectivity index (χ3n) is 2.43. The number of rotatable bonds is 3. The third-order valence-corrected chi connectivity index (χ3v) is 3.16. The molecule has 2 aromatic rings. The summed E-state index contributed by atoms with van der Waals surface area (Å²) in [7, 11) is 1.57. The Labute approximate surface area is 120 Å². The van der Waals surface area contributed by atoms with Crippen LogP contribution in [0.2, 0.25) is 10.0 Å². The smallest absolute Gasteiger partial charge is 0.343 e. The molecule has 5 heteroatoms. The number of hydrogen-bond acceptors (Lipinski definition) is 3. The molecule has 0 saturated carbocycles. The summed E-state index contributed by atoms with van der Waals surface area (Å²) in [4.78, 5) is 11.9. The van der Waals surface area contributed by atoms with Gasteiger partial charge in [-0.25, -0.2) is 4.79 Å². The lowest BCUT2D eigenvalue weighted by molar-refractivity contribution is 0.0734. The molecule has 98 valence electrons. The van der Waals surface area contributed by atoms with E-state index in [2.05, 4.69) is 0 Å². The van der Waals surface area contributed by atoms with Crippen molar-refractivity contribution in [2.75, 3.05) is 7.11 Å². The Bertz CT molecular complexity index is 594. The number of hydrogen-bond donors (Lipinski definition) is 0. The van der Waals surface area contributed by atoms with E-state index in [-0.39, 0.29) is 0 Å². The van der Waals surface area contributed by atoms with Crippen LogP contribution in [-0.2, 0) is 0 Å². The first-order valence-corrected chi connectivity index (χ1v) is 6.17. The molecule has 2 aromatic carbocycles. The van der Waals surface area contributed by atoms with Gasteiger partial charge in [0.15, 0.2) is 0 Å². The molecule has 0 fully saturated rings. The van der Waals surface area contributed by atoms with E-state index < -0.39 is 5.97 Å². The maximum atomic E-state index is 11.9. The minimum Gasteiger partial charge on any atom is -0.497 e. The van der Waals surface area contributed by atoms with Crippen LogP contribution in [0.5, 0.6) is 11.5 Å². The fourth-order valence-electron chi connectivity index (χ4n) is 1.43. The molecule has 0 aliphatic rings. The standard InChI is InChI=1S/C14H10Cl2O3/c1-18-10-3-5-11(6-4-10)19-14(17)9-2-7-12(15)13(16)8-9/h2-8H,1H3. The lowest BCUT2D eigenvalue weighted by Crippen LogP contribution is -2.08. The highest BCUT2D eigenvalue weighted by molar-refractivity contribution is 6.42. The fraction of sp³-hybridized carbons (Fsp3) is 0.0714. The minimum atomic E-state index is -0.497. The molecule has 0 atom stereocenters. The average Bonchev–Trinajstić information content (AvgIpc) is 2.42. The normalized spacial score (nSPS) is 10.1. The zero-order chi connectivity index (χ0) is 13.8. The molecule has 19 heavy (non-hydrogen) atoms. The maximum Gasteiger partial charge on any atom is 0.343 e. The first kappa shape index (κ1) is 13.7. The van der Waals surface area contributed by atoms with Crippen LogP contribution in [0.4, 0.5) is 0 Å². The van der Waals surface area contributed by atoms with E-state index >= 15 is 0 Å². The van der Waals surface area contributed by atoms with Gasteiger partial charge in [-0.05, 0) is 42.5 Å². The van der Waals surface area contributed by atoms with Gasteiger partial charge in [-0.1, -0.05) is 23.2 Å². The van der Waals surface area contributed by atoms with E-state index in [4.69, 9.17) is 32.7 Å². The highest BCUT2D eigenvalue weighted by Crippen LogP contribution is 2.24. The summed E-state index contributed by atoms with van der Waals surface area (Å²) in [5.41, 5.74) is 0.338. The molecule has 0 amide bonds. The number of esters is 1. The van der Waals surface area contributed by atoms with E-state index in [1.165, 1.54) is 6.07 Å².